The van der Waals surface area contributed by atoms with Gasteiger partial charge in [-0.25, -0.2) is 4.98 Å². The number of ether oxygens (including phenoxy) is 1. The van der Waals surface area contributed by atoms with E-state index in [0.717, 1.165) is 18.7 Å². The van der Waals surface area contributed by atoms with Crippen LogP contribution in [0.25, 0.3) is 0 Å². The maximum absolute atomic E-state index is 6.15. The third kappa shape index (κ3) is 1.95. The number of aryl methyl sites for hydroxylation is 1. The molecule has 2 N–H and O–H groups in total. The highest BCUT2D eigenvalue weighted by atomic mass is 16.5. The Morgan fingerprint density at radius 3 is 2.90 bits per heavy atom. The van der Waals surface area contributed by atoms with E-state index in [0.29, 0.717) is 17.6 Å². The quantitative estimate of drug-likeness (QED) is 0.908. The molecule has 1 atom stereocenters. The molecule has 1 aromatic heterocycles. The third-order valence-electron chi connectivity index (χ3n) is 3.77. The van der Waals surface area contributed by atoms with E-state index >= 15 is 0 Å². The summed E-state index contributed by atoms with van der Waals surface area (Å²) in [6, 6.07) is 8.71. The van der Waals surface area contributed by atoms with Gasteiger partial charge in [0.1, 0.15) is 12.0 Å². The topological polar surface area (TPSA) is 64.3 Å². The largest absolute Gasteiger partial charge is 0.479 e. The number of benzene rings is 1. The van der Waals surface area contributed by atoms with Gasteiger partial charge in [-0.2, -0.15) is 4.98 Å². The molecule has 0 amide bonds. The Hall–Kier alpha value is -2.30. The summed E-state index contributed by atoms with van der Waals surface area (Å²) in [7, 11) is 1.57. The van der Waals surface area contributed by atoms with Crippen LogP contribution in [-0.2, 0) is 6.42 Å². The zero-order valence-electron chi connectivity index (χ0n) is 11.7. The molecule has 5 nitrogen and oxygen atoms in total. The summed E-state index contributed by atoms with van der Waals surface area (Å²) in [5, 5.41) is 0. The molecule has 104 valence electrons. The molecule has 20 heavy (non-hydrogen) atoms. The molecular weight excluding hydrogens is 252 g/mol. The van der Waals surface area contributed by atoms with E-state index in [1.807, 2.05) is 6.07 Å². The van der Waals surface area contributed by atoms with Crippen molar-refractivity contribution >= 4 is 17.2 Å². The Morgan fingerprint density at radius 2 is 2.10 bits per heavy atom. The summed E-state index contributed by atoms with van der Waals surface area (Å²) in [5.41, 5.74) is 9.12. The Morgan fingerprint density at radius 1 is 1.30 bits per heavy atom. The smallest absolute Gasteiger partial charge is 0.242 e. The maximum Gasteiger partial charge on any atom is 0.242 e. The minimum absolute atomic E-state index is 0.340. The van der Waals surface area contributed by atoms with Gasteiger partial charge >= 0.3 is 0 Å². The number of rotatable bonds is 2. The molecule has 1 aromatic carbocycles. The lowest BCUT2D eigenvalue weighted by Crippen LogP contribution is -2.34. The van der Waals surface area contributed by atoms with Gasteiger partial charge in [0, 0.05) is 11.7 Å². The lowest BCUT2D eigenvalue weighted by atomic mass is 9.96. The lowest BCUT2D eigenvalue weighted by molar-refractivity contribution is 0.399. The van der Waals surface area contributed by atoms with Crippen LogP contribution in [-0.4, -0.2) is 23.1 Å². The fraction of sp³-hybridized carbons (Fsp3) is 0.333. The van der Waals surface area contributed by atoms with Crippen LogP contribution in [0.5, 0.6) is 5.88 Å². The summed E-state index contributed by atoms with van der Waals surface area (Å²) in [4.78, 5) is 10.6. The number of aromatic nitrogens is 2. The van der Waals surface area contributed by atoms with Gasteiger partial charge in [0.15, 0.2) is 5.82 Å². The minimum atomic E-state index is 0.340. The Kier molecular flexibility index (Phi) is 3.18. The second-order valence-corrected chi connectivity index (χ2v) is 5.01. The Bertz CT molecular complexity index is 629. The molecule has 0 fully saturated rings. The van der Waals surface area contributed by atoms with Crippen LogP contribution in [0.1, 0.15) is 18.9 Å². The first-order valence-corrected chi connectivity index (χ1v) is 6.74. The van der Waals surface area contributed by atoms with Crippen molar-refractivity contribution in [3.63, 3.8) is 0 Å². The van der Waals surface area contributed by atoms with Gasteiger partial charge in [-0.05, 0) is 31.4 Å². The number of nitrogens with two attached hydrogens (primary N) is 1. The van der Waals surface area contributed by atoms with Crippen LogP contribution in [0, 0.1) is 0 Å². The van der Waals surface area contributed by atoms with Crippen molar-refractivity contribution in [3.05, 3.63) is 36.2 Å². The molecule has 0 saturated heterocycles. The molecule has 1 aliphatic rings. The summed E-state index contributed by atoms with van der Waals surface area (Å²) in [6.45, 7) is 2.18. The minimum Gasteiger partial charge on any atom is -0.479 e. The maximum atomic E-state index is 6.15. The van der Waals surface area contributed by atoms with Gasteiger partial charge in [-0.15, -0.1) is 0 Å². The van der Waals surface area contributed by atoms with Crippen molar-refractivity contribution in [2.75, 3.05) is 17.7 Å². The average Bonchev–Trinajstić information content (AvgIpc) is 2.48. The molecule has 1 unspecified atom stereocenters. The van der Waals surface area contributed by atoms with Crippen LogP contribution in [0.15, 0.2) is 30.6 Å². The fourth-order valence-electron chi connectivity index (χ4n) is 2.74. The van der Waals surface area contributed by atoms with Crippen molar-refractivity contribution in [1.29, 1.82) is 0 Å². The standard InChI is InChI=1S/C15H18N4O/c1-10-7-8-11-5-3-4-6-12(11)19(10)14-13(16)15(20-2)18-9-17-14/h3-6,9-10H,7-8,16H2,1-2H3. The molecule has 1 aliphatic heterocycles. The van der Waals surface area contributed by atoms with Crippen LogP contribution in [0.3, 0.4) is 0 Å². The first kappa shape index (κ1) is 12.7. The predicted octanol–water partition coefficient (Wildman–Crippen LogP) is 2.54. The molecule has 2 heterocycles. The number of nitrogen functional groups attached to an aromatic ring is 1. The molecule has 0 bridgehead atoms. The number of hydrogen-bond acceptors (Lipinski definition) is 5. The van der Waals surface area contributed by atoms with E-state index in [1.54, 1.807) is 7.11 Å². The molecule has 2 aromatic rings. The van der Waals surface area contributed by atoms with Gasteiger partial charge < -0.3 is 15.4 Å². The number of anilines is 3. The Labute approximate surface area is 118 Å². The van der Waals surface area contributed by atoms with Crippen molar-refractivity contribution in [2.45, 2.75) is 25.8 Å². The highest BCUT2D eigenvalue weighted by Crippen LogP contribution is 2.39. The van der Waals surface area contributed by atoms with Crippen LogP contribution in [0.2, 0.25) is 0 Å². The van der Waals surface area contributed by atoms with Crippen molar-refractivity contribution in [2.24, 2.45) is 0 Å². The first-order valence-electron chi connectivity index (χ1n) is 6.74. The second kappa shape index (κ2) is 5.00. The van der Waals surface area contributed by atoms with Crippen molar-refractivity contribution < 1.29 is 4.74 Å². The van der Waals surface area contributed by atoms with Crippen LogP contribution >= 0.6 is 0 Å². The van der Waals surface area contributed by atoms with E-state index in [9.17, 15) is 0 Å². The fourth-order valence-corrected chi connectivity index (χ4v) is 2.74. The van der Waals surface area contributed by atoms with E-state index in [1.165, 1.54) is 17.6 Å². The van der Waals surface area contributed by atoms with Gasteiger partial charge in [0.05, 0.1) is 7.11 Å². The summed E-state index contributed by atoms with van der Waals surface area (Å²) >= 11 is 0. The number of nitrogens with zero attached hydrogens (tertiary/aromatic N) is 3. The zero-order valence-corrected chi connectivity index (χ0v) is 11.7. The lowest BCUT2D eigenvalue weighted by Gasteiger charge is -2.36. The van der Waals surface area contributed by atoms with Gasteiger partial charge in [-0.3, -0.25) is 0 Å². The van der Waals surface area contributed by atoms with E-state index in [-0.39, 0.29) is 0 Å². The molecule has 0 saturated carbocycles. The number of fused-ring (bicyclic) bond motifs is 1. The highest BCUT2D eigenvalue weighted by Gasteiger charge is 2.27. The highest BCUT2D eigenvalue weighted by molar-refractivity contribution is 5.76. The van der Waals surface area contributed by atoms with Crippen molar-refractivity contribution in [3.8, 4) is 5.88 Å². The summed E-state index contributed by atoms with van der Waals surface area (Å²) in [6.07, 6.45) is 3.65. The van der Waals surface area contributed by atoms with Gasteiger partial charge in [0.25, 0.3) is 0 Å². The number of hydrogen-bond donors (Lipinski definition) is 1. The first-order chi connectivity index (χ1) is 9.72. The SMILES string of the molecule is COc1ncnc(N2c3ccccc3CCC2C)c1N. The summed E-state index contributed by atoms with van der Waals surface area (Å²) in [5.74, 6) is 1.14. The van der Waals surface area contributed by atoms with Crippen LogP contribution < -0.4 is 15.4 Å². The molecule has 0 aliphatic carbocycles. The number of para-hydroxylation sites is 1. The molecule has 0 spiro atoms. The van der Waals surface area contributed by atoms with E-state index < -0.39 is 0 Å². The number of methoxy groups -OCH3 is 1. The molecule has 3 rings (SSSR count). The monoisotopic (exact) mass is 270 g/mol. The Balaban J connectivity index is 2.14. The molecular formula is C15H18N4O. The molecule has 5 heteroatoms. The third-order valence-corrected chi connectivity index (χ3v) is 3.77. The normalized spacial score (nSPS) is 17.7. The zero-order chi connectivity index (χ0) is 14.1. The second-order valence-electron chi connectivity index (χ2n) is 5.01. The van der Waals surface area contributed by atoms with E-state index in [4.69, 9.17) is 10.5 Å². The predicted molar refractivity (Wildman–Crippen MR) is 79.4 cm³/mol. The molecule has 0 radical (unpaired) electrons. The van der Waals surface area contributed by atoms with Gasteiger partial charge in [0.2, 0.25) is 5.88 Å². The van der Waals surface area contributed by atoms with Gasteiger partial charge in [-0.1, -0.05) is 18.2 Å². The summed E-state index contributed by atoms with van der Waals surface area (Å²) < 4.78 is 5.20. The average molecular weight is 270 g/mol. The van der Waals surface area contributed by atoms with Crippen molar-refractivity contribution in [1.82, 2.24) is 9.97 Å². The van der Waals surface area contributed by atoms with Crippen LogP contribution in [0.4, 0.5) is 17.2 Å². The van der Waals surface area contributed by atoms with E-state index in [2.05, 4.69) is 40.0 Å².